The van der Waals surface area contributed by atoms with Crippen LogP contribution >= 0.6 is 0 Å². The van der Waals surface area contributed by atoms with Crippen LogP contribution in [-0.4, -0.2) is 51.9 Å². The molecule has 0 spiro atoms. The molecule has 172 valence electrons. The van der Waals surface area contributed by atoms with Crippen LogP contribution in [0.5, 0.6) is 0 Å². The molecule has 33 heavy (non-hydrogen) atoms. The summed E-state index contributed by atoms with van der Waals surface area (Å²) in [6, 6.07) is 8.26. The molecule has 1 saturated heterocycles. The van der Waals surface area contributed by atoms with Gasteiger partial charge in [-0.3, -0.25) is 9.69 Å². The van der Waals surface area contributed by atoms with Gasteiger partial charge in [0, 0.05) is 42.1 Å². The maximum atomic E-state index is 14.7. The van der Waals surface area contributed by atoms with E-state index in [1.54, 1.807) is 29.9 Å². The molecule has 4 heterocycles. The van der Waals surface area contributed by atoms with Crippen LogP contribution in [0.4, 0.5) is 4.39 Å². The van der Waals surface area contributed by atoms with Crippen LogP contribution in [0, 0.1) is 5.82 Å². The molecule has 4 aromatic rings. The zero-order valence-electron chi connectivity index (χ0n) is 19.4. The number of piperidine rings is 1. The highest BCUT2D eigenvalue weighted by Gasteiger charge is 2.24. The second-order valence-electron chi connectivity index (χ2n) is 9.33. The van der Waals surface area contributed by atoms with Gasteiger partial charge in [-0.05, 0) is 67.1 Å². The van der Waals surface area contributed by atoms with Crippen LogP contribution in [0.15, 0.2) is 42.9 Å². The monoisotopic (exact) mass is 447 g/mol. The molecule has 1 aromatic carbocycles. The molecule has 1 fully saturated rings. The van der Waals surface area contributed by atoms with Gasteiger partial charge in [-0.15, -0.1) is 0 Å². The van der Waals surface area contributed by atoms with Crippen molar-refractivity contribution in [1.82, 2.24) is 24.6 Å². The van der Waals surface area contributed by atoms with Gasteiger partial charge in [0.1, 0.15) is 0 Å². The summed E-state index contributed by atoms with van der Waals surface area (Å²) in [5.74, 6) is 0.505. The molecule has 2 N–H and O–H groups in total. The Labute approximate surface area is 192 Å². The van der Waals surface area contributed by atoms with Gasteiger partial charge >= 0.3 is 0 Å². The summed E-state index contributed by atoms with van der Waals surface area (Å²) in [6.07, 6.45) is 7.40. The molecule has 5 rings (SSSR count). The first kappa shape index (κ1) is 21.6. The number of fused-ring (bicyclic) bond motifs is 2. The number of benzene rings is 1. The molecule has 1 aliphatic rings. The second-order valence-corrected chi connectivity index (χ2v) is 9.33. The van der Waals surface area contributed by atoms with Crippen LogP contribution < -0.4 is 5.32 Å². The molecule has 3 aromatic heterocycles. The van der Waals surface area contributed by atoms with Crippen molar-refractivity contribution in [2.75, 3.05) is 26.7 Å². The highest BCUT2D eigenvalue weighted by Crippen LogP contribution is 2.38. The number of carbonyl (C=O) groups is 1. The quantitative estimate of drug-likeness (QED) is 0.467. The molecule has 7 heteroatoms. The number of aromatic amines is 1. The lowest BCUT2D eigenvalue weighted by atomic mass is 9.87. The van der Waals surface area contributed by atoms with Crippen molar-refractivity contribution in [1.29, 1.82) is 0 Å². The van der Waals surface area contributed by atoms with Crippen molar-refractivity contribution < 1.29 is 9.18 Å². The van der Waals surface area contributed by atoms with Gasteiger partial charge in [0.25, 0.3) is 0 Å². The average Bonchev–Trinajstić information content (AvgIpc) is 3.44. The lowest BCUT2D eigenvalue weighted by Crippen LogP contribution is -2.40. The van der Waals surface area contributed by atoms with E-state index in [2.05, 4.69) is 52.2 Å². The van der Waals surface area contributed by atoms with Crippen LogP contribution in [0.25, 0.3) is 27.8 Å². The summed E-state index contributed by atoms with van der Waals surface area (Å²) >= 11 is 0. The van der Waals surface area contributed by atoms with Crippen molar-refractivity contribution in [3.05, 3.63) is 59.8 Å². The number of nitrogens with zero attached hydrogens (tertiary/aromatic N) is 3. The van der Waals surface area contributed by atoms with E-state index < -0.39 is 0 Å². The lowest BCUT2D eigenvalue weighted by Gasteiger charge is -2.31. The van der Waals surface area contributed by atoms with Crippen LogP contribution in [0.3, 0.4) is 0 Å². The summed E-state index contributed by atoms with van der Waals surface area (Å²) in [7, 11) is 1.68. The van der Waals surface area contributed by atoms with Crippen molar-refractivity contribution >= 4 is 22.5 Å². The minimum atomic E-state index is -0.324. The van der Waals surface area contributed by atoms with E-state index in [1.807, 2.05) is 6.20 Å². The summed E-state index contributed by atoms with van der Waals surface area (Å²) in [5.41, 5.74) is 5.74. The number of aromatic nitrogens is 3. The van der Waals surface area contributed by atoms with E-state index >= 15 is 0 Å². The van der Waals surface area contributed by atoms with E-state index in [9.17, 15) is 9.18 Å². The molecule has 0 atom stereocenters. The van der Waals surface area contributed by atoms with Gasteiger partial charge in [0.05, 0.1) is 12.2 Å². The maximum absolute atomic E-state index is 14.7. The Morgan fingerprint density at radius 2 is 2.06 bits per heavy atom. The summed E-state index contributed by atoms with van der Waals surface area (Å²) in [4.78, 5) is 21.6. The van der Waals surface area contributed by atoms with Crippen LogP contribution in [0.2, 0.25) is 0 Å². The third kappa shape index (κ3) is 4.02. The second kappa shape index (κ2) is 8.63. The summed E-state index contributed by atoms with van der Waals surface area (Å²) in [5, 5.41) is 3.91. The number of hydrogen-bond acceptors (Lipinski definition) is 3. The van der Waals surface area contributed by atoms with Crippen molar-refractivity contribution in [2.24, 2.45) is 0 Å². The Bertz CT molecular complexity index is 1310. The number of H-pyrrole nitrogens is 1. The van der Waals surface area contributed by atoms with Gasteiger partial charge in [0.2, 0.25) is 5.91 Å². The minimum Gasteiger partial charge on any atom is -0.358 e. The molecule has 1 amide bonds. The number of pyridine rings is 1. The third-order valence-corrected chi connectivity index (χ3v) is 6.88. The largest absolute Gasteiger partial charge is 0.358 e. The van der Waals surface area contributed by atoms with E-state index in [1.165, 1.54) is 16.5 Å². The predicted octanol–water partition coefficient (Wildman–Crippen LogP) is 4.67. The van der Waals surface area contributed by atoms with E-state index in [-0.39, 0.29) is 17.6 Å². The number of likely N-dealkylation sites (tertiary alicyclic amines) is 1. The van der Waals surface area contributed by atoms with E-state index in [0.717, 1.165) is 42.7 Å². The number of rotatable bonds is 5. The first-order valence-electron chi connectivity index (χ1n) is 11.7. The fourth-order valence-electron chi connectivity index (χ4n) is 5.15. The SMILES string of the molecule is CNC(=O)CN1CCC(c2ccc3[nH]c(-c4cc(F)c5nccn5c4)c(C(C)C)c3c2)CC1. The zero-order valence-corrected chi connectivity index (χ0v) is 19.4. The standard InChI is InChI=1S/C26H30FN5O/c1-16(2)24-20-12-18(17-6-9-31(10-7-17)15-23(33)28-3)4-5-22(20)30-25(24)19-13-21(27)26-29-8-11-32(26)14-19/h4-5,8,11-14,16-17,30H,6-7,9-10,15H2,1-3H3,(H,28,33). The zero-order chi connectivity index (χ0) is 23.1. The van der Waals surface area contributed by atoms with Gasteiger partial charge in [-0.25, -0.2) is 9.37 Å². The highest BCUT2D eigenvalue weighted by atomic mass is 19.1. The van der Waals surface area contributed by atoms with E-state index in [0.29, 0.717) is 18.1 Å². The molecular formula is C26H30FN5O. The topological polar surface area (TPSA) is 65.4 Å². The summed E-state index contributed by atoms with van der Waals surface area (Å²) < 4.78 is 16.4. The first-order chi connectivity index (χ1) is 15.9. The maximum Gasteiger partial charge on any atom is 0.233 e. The van der Waals surface area contributed by atoms with Crippen LogP contribution in [-0.2, 0) is 4.79 Å². The number of likely N-dealkylation sites (N-methyl/N-ethyl adjacent to an activating group) is 1. The Balaban J connectivity index is 1.48. The first-order valence-corrected chi connectivity index (χ1v) is 11.7. The van der Waals surface area contributed by atoms with Gasteiger partial charge in [-0.1, -0.05) is 19.9 Å². The number of hydrogen-bond donors (Lipinski definition) is 2. The smallest absolute Gasteiger partial charge is 0.233 e. The normalized spacial score (nSPS) is 15.7. The molecule has 0 saturated carbocycles. The van der Waals surface area contributed by atoms with Crippen LogP contribution in [0.1, 0.15) is 49.7 Å². The Hall–Kier alpha value is -3.19. The number of amides is 1. The summed E-state index contributed by atoms with van der Waals surface area (Å²) in [6.45, 7) is 6.69. The average molecular weight is 448 g/mol. The Morgan fingerprint density at radius 3 is 2.79 bits per heavy atom. The predicted molar refractivity (Wildman–Crippen MR) is 129 cm³/mol. The molecule has 0 radical (unpaired) electrons. The van der Waals surface area contributed by atoms with Crippen molar-refractivity contribution in [2.45, 2.75) is 38.5 Å². The Morgan fingerprint density at radius 1 is 1.27 bits per heavy atom. The number of halogens is 1. The third-order valence-electron chi connectivity index (χ3n) is 6.88. The number of imidazole rings is 1. The van der Waals surface area contributed by atoms with Crippen molar-refractivity contribution in [3.63, 3.8) is 0 Å². The molecule has 1 aliphatic heterocycles. The number of nitrogens with one attached hydrogen (secondary N) is 2. The fourth-order valence-corrected chi connectivity index (χ4v) is 5.15. The van der Waals surface area contributed by atoms with Gasteiger partial charge in [0.15, 0.2) is 11.5 Å². The molecule has 0 bridgehead atoms. The minimum absolute atomic E-state index is 0.0709. The number of carbonyl (C=O) groups excluding carboxylic acids is 1. The molecule has 0 aliphatic carbocycles. The molecule has 6 nitrogen and oxygen atoms in total. The molecular weight excluding hydrogens is 417 g/mol. The van der Waals surface area contributed by atoms with Gasteiger partial charge in [-0.2, -0.15) is 0 Å². The molecule has 0 unspecified atom stereocenters. The highest BCUT2D eigenvalue weighted by molar-refractivity contribution is 5.92. The fraction of sp³-hybridized carbons (Fsp3) is 0.385. The van der Waals surface area contributed by atoms with Gasteiger partial charge < -0.3 is 14.7 Å². The van der Waals surface area contributed by atoms with E-state index in [4.69, 9.17) is 0 Å². The lowest BCUT2D eigenvalue weighted by molar-refractivity contribution is -0.122. The Kier molecular flexibility index (Phi) is 5.66. The van der Waals surface area contributed by atoms with Crippen molar-refractivity contribution in [3.8, 4) is 11.3 Å².